The van der Waals surface area contributed by atoms with E-state index < -0.39 is 6.10 Å². The van der Waals surface area contributed by atoms with Gasteiger partial charge in [-0.25, -0.2) is 0 Å². The zero-order valence-corrected chi connectivity index (χ0v) is 14.1. The van der Waals surface area contributed by atoms with Crippen LogP contribution in [-0.4, -0.2) is 35.7 Å². The van der Waals surface area contributed by atoms with Crippen molar-refractivity contribution in [1.29, 1.82) is 0 Å². The van der Waals surface area contributed by atoms with Crippen molar-refractivity contribution in [2.45, 2.75) is 38.3 Å². The number of aryl methyl sites for hydroxylation is 1. The molecule has 5 heteroatoms. The number of amides is 1. The first-order valence-electron chi connectivity index (χ1n) is 8.33. The normalized spacial score (nSPS) is 20.4. The van der Waals surface area contributed by atoms with Gasteiger partial charge in [0.1, 0.15) is 11.5 Å². The van der Waals surface area contributed by atoms with E-state index in [1.54, 1.807) is 24.3 Å². The quantitative estimate of drug-likeness (QED) is 0.915. The predicted octanol–water partition coefficient (Wildman–Crippen LogP) is 3.19. The van der Waals surface area contributed by atoms with Crippen LogP contribution >= 0.6 is 0 Å². The zero-order valence-electron chi connectivity index (χ0n) is 14.1. The van der Waals surface area contributed by atoms with E-state index in [-0.39, 0.29) is 11.9 Å². The molecule has 1 saturated heterocycles. The van der Waals surface area contributed by atoms with Crippen LogP contribution in [0.1, 0.15) is 47.5 Å². The third-order valence-corrected chi connectivity index (χ3v) is 4.47. The molecule has 0 spiro atoms. The van der Waals surface area contributed by atoms with Gasteiger partial charge in [-0.05, 0) is 36.6 Å². The number of β-amino-alcohol motifs (C(OH)–C–C–N with tert-alkyl or cyclic N) is 1. The second-order valence-corrected chi connectivity index (χ2v) is 6.15. The van der Waals surface area contributed by atoms with E-state index in [0.717, 1.165) is 24.2 Å². The first-order valence-corrected chi connectivity index (χ1v) is 8.33. The summed E-state index contributed by atoms with van der Waals surface area (Å²) >= 11 is 0. The Morgan fingerprint density at radius 2 is 2.25 bits per heavy atom. The van der Waals surface area contributed by atoms with Gasteiger partial charge in [-0.2, -0.15) is 0 Å². The van der Waals surface area contributed by atoms with Crippen LogP contribution in [0.15, 0.2) is 41.0 Å². The number of furan rings is 1. The summed E-state index contributed by atoms with van der Waals surface area (Å²) in [6, 6.07) is 9.23. The molecule has 3 rings (SSSR count). The molecule has 2 atom stereocenters. The average molecular weight is 329 g/mol. The SMILES string of the molecule is CCCc1occc1C(=O)N1C[C@@H](O)C[C@H]1c1cccc(OC)c1. The minimum Gasteiger partial charge on any atom is -0.497 e. The van der Waals surface area contributed by atoms with E-state index in [4.69, 9.17) is 9.15 Å². The molecule has 2 aromatic rings. The Bertz CT molecular complexity index is 709. The average Bonchev–Trinajstić information content (AvgIpc) is 3.21. The second kappa shape index (κ2) is 7.09. The van der Waals surface area contributed by atoms with Crippen molar-refractivity contribution in [3.63, 3.8) is 0 Å². The summed E-state index contributed by atoms with van der Waals surface area (Å²) in [4.78, 5) is 14.8. The fraction of sp³-hybridized carbons (Fsp3) is 0.421. The Morgan fingerprint density at radius 3 is 3.00 bits per heavy atom. The van der Waals surface area contributed by atoms with Crippen molar-refractivity contribution >= 4 is 5.91 Å². The van der Waals surface area contributed by atoms with Gasteiger partial charge in [-0.1, -0.05) is 19.1 Å². The molecule has 0 bridgehead atoms. The minimum absolute atomic E-state index is 0.0865. The van der Waals surface area contributed by atoms with Crippen molar-refractivity contribution in [1.82, 2.24) is 4.90 Å². The fourth-order valence-corrected chi connectivity index (χ4v) is 3.31. The van der Waals surface area contributed by atoms with Crippen LogP contribution in [0.3, 0.4) is 0 Å². The van der Waals surface area contributed by atoms with Gasteiger partial charge in [-0.15, -0.1) is 0 Å². The summed E-state index contributed by atoms with van der Waals surface area (Å²) in [5.74, 6) is 1.38. The van der Waals surface area contributed by atoms with E-state index in [1.165, 1.54) is 0 Å². The number of nitrogens with zero attached hydrogens (tertiary/aromatic N) is 1. The summed E-state index contributed by atoms with van der Waals surface area (Å²) in [6.45, 7) is 2.38. The Hall–Kier alpha value is -2.27. The predicted molar refractivity (Wildman–Crippen MR) is 90.1 cm³/mol. The lowest BCUT2D eigenvalue weighted by atomic mass is 10.0. The van der Waals surface area contributed by atoms with Gasteiger partial charge in [0.25, 0.3) is 5.91 Å². The maximum Gasteiger partial charge on any atom is 0.258 e. The third-order valence-electron chi connectivity index (χ3n) is 4.47. The molecule has 1 aliphatic heterocycles. The van der Waals surface area contributed by atoms with E-state index in [1.807, 2.05) is 24.3 Å². The number of carbonyl (C=O) groups excluding carboxylic acids is 1. The molecule has 0 unspecified atom stereocenters. The maximum absolute atomic E-state index is 13.0. The van der Waals surface area contributed by atoms with E-state index >= 15 is 0 Å². The van der Waals surface area contributed by atoms with Crippen molar-refractivity contribution in [3.05, 3.63) is 53.5 Å². The highest BCUT2D eigenvalue weighted by molar-refractivity contribution is 5.95. The van der Waals surface area contributed by atoms with Gasteiger partial charge in [-0.3, -0.25) is 4.79 Å². The molecule has 24 heavy (non-hydrogen) atoms. The lowest BCUT2D eigenvalue weighted by Gasteiger charge is -2.25. The molecule has 1 fully saturated rings. The Balaban J connectivity index is 1.89. The molecule has 0 radical (unpaired) electrons. The van der Waals surface area contributed by atoms with Crippen LogP contribution in [0.25, 0.3) is 0 Å². The molecular formula is C19H23NO4. The van der Waals surface area contributed by atoms with Crippen LogP contribution in [0.5, 0.6) is 5.75 Å². The lowest BCUT2D eigenvalue weighted by Crippen LogP contribution is -2.32. The number of hydrogen-bond acceptors (Lipinski definition) is 4. The molecule has 1 N–H and O–H groups in total. The molecule has 1 aliphatic rings. The number of ether oxygens (including phenoxy) is 1. The van der Waals surface area contributed by atoms with E-state index in [9.17, 15) is 9.90 Å². The standard InChI is InChI=1S/C19H23NO4/c1-3-5-18-16(8-9-24-18)19(22)20-12-14(21)11-17(20)13-6-4-7-15(10-13)23-2/h4,6-10,14,17,21H,3,5,11-12H2,1-2H3/t14-,17-/m0/s1. The van der Waals surface area contributed by atoms with Crippen LogP contribution in [0.4, 0.5) is 0 Å². The van der Waals surface area contributed by atoms with Crippen LogP contribution in [0.2, 0.25) is 0 Å². The summed E-state index contributed by atoms with van der Waals surface area (Å²) in [5, 5.41) is 10.1. The number of benzene rings is 1. The van der Waals surface area contributed by atoms with Gasteiger partial charge in [0.05, 0.1) is 31.1 Å². The molecule has 5 nitrogen and oxygen atoms in total. The summed E-state index contributed by atoms with van der Waals surface area (Å²) in [6.07, 6.45) is 3.21. The molecule has 1 amide bonds. The van der Waals surface area contributed by atoms with Crippen molar-refractivity contribution in [2.75, 3.05) is 13.7 Å². The topological polar surface area (TPSA) is 62.9 Å². The van der Waals surface area contributed by atoms with Gasteiger partial charge in [0.15, 0.2) is 0 Å². The first-order chi connectivity index (χ1) is 11.6. The summed E-state index contributed by atoms with van der Waals surface area (Å²) < 4.78 is 10.7. The van der Waals surface area contributed by atoms with Gasteiger partial charge >= 0.3 is 0 Å². The second-order valence-electron chi connectivity index (χ2n) is 6.15. The summed E-state index contributed by atoms with van der Waals surface area (Å²) in [5.41, 5.74) is 1.57. The van der Waals surface area contributed by atoms with Gasteiger partial charge in [0, 0.05) is 13.0 Å². The number of aliphatic hydroxyl groups is 1. The minimum atomic E-state index is -0.522. The Labute approximate surface area is 141 Å². The lowest BCUT2D eigenvalue weighted by molar-refractivity contribution is 0.0713. The van der Waals surface area contributed by atoms with Crippen molar-refractivity contribution in [2.24, 2.45) is 0 Å². The maximum atomic E-state index is 13.0. The molecule has 1 aromatic heterocycles. The van der Waals surface area contributed by atoms with Crippen LogP contribution < -0.4 is 4.74 Å². The van der Waals surface area contributed by atoms with E-state index in [2.05, 4.69) is 6.92 Å². The molecule has 0 saturated carbocycles. The van der Waals surface area contributed by atoms with Gasteiger partial charge < -0.3 is 19.2 Å². The molecule has 0 aliphatic carbocycles. The Morgan fingerprint density at radius 1 is 1.42 bits per heavy atom. The monoisotopic (exact) mass is 329 g/mol. The number of hydrogen-bond donors (Lipinski definition) is 1. The fourth-order valence-electron chi connectivity index (χ4n) is 3.31. The number of likely N-dealkylation sites (tertiary alicyclic amines) is 1. The zero-order chi connectivity index (χ0) is 17.1. The summed E-state index contributed by atoms with van der Waals surface area (Å²) in [7, 11) is 1.62. The van der Waals surface area contributed by atoms with Crippen LogP contribution in [0, 0.1) is 0 Å². The van der Waals surface area contributed by atoms with Crippen molar-refractivity contribution in [3.8, 4) is 5.75 Å². The number of rotatable bonds is 5. The number of aliphatic hydroxyl groups excluding tert-OH is 1. The smallest absolute Gasteiger partial charge is 0.258 e. The molecule has 1 aromatic carbocycles. The molecule has 128 valence electrons. The van der Waals surface area contributed by atoms with E-state index in [0.29, 0.717) is 24.3 Å². The molecular weight excluding hydrogens is 306 g/mol. The number of methoxy groups -OCH3 is 1. The highest BCUT2D eigenvalue weighted by atomic mass is 16.5. The first kappa shape index (κ1) is 16.6. The highest BCUT2D eigenvalue weighted by Crippen LogP contribution is 2.35. The number of carbonyl (C=O) groups is 1. The third kappa shape index (κ3) is 3.17. The van der Waals surface area contributed by atoms with Crippen LogP contribution in [-0.2, 0) is 6.42 Å². The largest absolute Gasteiger partial charge is 0.497 e. The van der Waals surface area contributed by atoms with Gasteiger partial charge in [0.2, 0.25) is 0 Å². The van der Waals surface area contributed by atoms with Crippen molar-refractivity contribution < 1.29 is 19.1 Å². The molecule has 2 heterocycles. The Kier molecular flexibility index (Phi) is 4.90. The highest BCUT2D eigenvalue weighted by Gasteiger charge is 2.36.